The first-order valence-corrected chi connectivity index (χ1v) is 2.96. The largest absolute Gasteiger partial charge is 0.317 e. The molecule has 0 aromatic rings. The minimum atomic E-state index is 0. The Hall–Kier alpha value is -0.150. The summed E-state index contributed by atoms with van der Waals surface area (Å²) >= 11 is 0. The van der Waals surface area contributed by atoms with E-state index in [2.05, 4.69) is 15.5 Å². The van der Waals surface area contributed by atoms with Gasteiger partial charge in [-0.1, -0.05) is 0 Å². The zero-order valence-electron chi connectivity index (χ0n) is 5.29. The number of nitrogens with zero attached hydrogens (tertiary/aromatic N) is 2. The van der Waals surface area contributed by atoms with E-state index in [0.717, 1.165) is 12.8 Å². The van der Waals surface area contributed by atoms with Gasteiger partial charge in [-0.15, -0.1) is 12.4 Å². The molecule has 1 N–H and O–H groups in total. The number of rotatable bonds is 1. The molecule has 1 heterocycles. The molecule has 1 saturated carbocycles. The van der Waals surface area contributed by atoms with Crippen molar-refractivity contribution < 1.29 is 0 Å². The molecule has 2 aliphatic rings. The van der Waals surface area contributed by atoms with E-state index in [1.807, 2.05) is 7.05 Å². The zero-order valence-corrected chi connectivity index (χ0v) is 6.11. The normalized spacial score (nSPS) is 27.2. The van der Waals surface area contributed by atoms with E-state index < -0.39 is 0 Å². The third kappa shape index (κ3) is 0.946. The van der Waals surface area contributed by atoms with E-state index >= 15 is 0 Å². The molecule has 1 fully saturated rings. The van der Waals surface area contributed by atoms with Crippen molar-refractivity contribution in [2.24, 2.45) is 10.2 Å². The molecule has 2 rings (SSSR count). The van der Waals surface area contributed by atoms with Crippen molar-refractivity contribution in [3.8, 4) is 0 Å². The molecule has 0 radical (unpaired) electrons. The topological polar surface area (TPSA) is 36.8 Å². The smallest absolute Gasteiger partial charge is 0.193 e. The summed E-state index contributed by atoms with van der Waals surface area (Å²) in [7, 11) is 1.99. The highest BCUT2D eigenvalue weighted by molar-refractivity contribution is 5.85. The molecular weight excluding hydrogens is 138 g/mol. The molecule has 1 aliphatic heterocycles. The van der Waals surface area contributed by atoms with Crippen molar-refractivity contribution >= 4 is 12.4 Å². The van der Waals surface area contributed by atoms with Crippen molar-refractivity contribution in [1.82, 2.24) is 5.32 Å². The van der Waals surface area contributed by atoms with Crippen LogP contribution in [0, 0.1) is 0 Å². The highest BCUT2D eigenvalue weighted by Crippen LogP contribution is 2.46. The van der Waals surface area contributed by atoms with Gasteiger partial charge < -0.3 is 5.32 Å². The van der Waals surface area contributed by atoms with E-state index in [-0.39, 0.29) is 18.1 Å². The molecule has 0 aromatic heterocycles. The lowest BCUT2D eigenvalue weighted by molar-refractivity contribution is 0.266. The summed E-state index contributed by atoms with van der Waals surface area (Å²) in [4.78, 5) is 0. The molecule has 4 heteroatoms. The summed E-state index contributed by atoms with van der Waals surface area (Å²) in [5.41, 5.74) is 0.133. The first kappa shape index (κ1) is 6.96. The molecule has 3 nitrogen and oxygen atoms in total. The molecule has 0 bridgehead atoms. The lowest BCUT2D eigenvalue weighted by Crippen LogP contribution is -2.44. The quantitative estimate of drug-likeness (QED) is 0.589. The second-order valence-corrected chi connectivity index (χ2v) is 2.58. The fourth-order valence-electron chi connectivity index (χ4n) is 1.17. The minimum absolute atomic E-state index is 0. The lowest BCUT2D eigenvalue weighted by Gasteiger charge is -2.30. The predicted molar refractivity (Wildman–Crippen MR) is 36.9 cm³/mol. The highest BCUT2D eigenvalue weighted by Gasteiger charge is 2.51. The van der Waals surface area contributed by atoms with Crippen LogP contribution in [-0.4, -0.2) is 18.8 Å². The van der Waals surface area contributed by atoms with E-state index in [4.69, 9.17) is 0 Å². The second-order valence-electron chi connectivity index (χ2n) is 2.58. The summed E-state index contributed by atoms with van der Waals surface area (Å²) in [6, 6.07) is 0.685. The molecule has 0 unspecified atom stereocenters. The van der Waals surface area contributed by atoms with Gasteiger partial charge in [-0.25, -0.2) is 0 Å². The van der Waals surface area contributed by atoms with Gasteiger partial charge in [-0.05, 0) is 7.05 Å². The molecular formula is C5H10ClN3. The Bertz CT molecular complexity index is 131. The fourth-order valence-corrected chi connectivity index (χ4v) is 1.17. The van der Waals surface area contributed by atoms with Crippen molar-refractivity contribution in [2.45, 2.75) is 24.5 Å². The monoisotopic (exact) mass is 147 g/mol. The third-order valence-electron chi connectivity index (χ3n) is 1.94. The fraction of sp³-hybridized carbons (Fsp3) is 1.00. The Morgan fingerprint density at radius 3 is 2.33 bits per heavy atom. The molecule has 0 atom stereocenters. The Morgan fingerprint density at radius 2 is 2.00 bits per heavy atom. The third-order valence-corrected chi connectivity index (χ3v) is 1.94. The minimum Gasteiger partial charge on any atom is -0.317 e. The van der Waals surface area contributed by atoms with Crippen molar-refractivity contribution in [3.63, 3.8) is 0 Å². The maximum absolute atomic E-state index is 3.92. The van der Waals surface area contributed by atoms with Gasteiger partial charge in [0.15, 0.2) is 5.66 Å². The van der Waals surface area contributed by atoms with Gasteiger partial charge in [-0.2, -0.15) is 10.2 Å². The average molecular weight is 148 g/mol. The highest BCUT2D eigenvalue weighted by atomic mass is 35.5. The number of hydrogen-bond acceptors (Lipinski definition) is 3. The number of nitrogens with one attached hydrogen (secondary N) is 1. The van der Waals surface area contributed by atoms with Crippen LogP contribution in [0.5, 0.6) is 0 Å². The van der Waals surface area contributed by atoms with Crippen LogP contribution in [0.25, 0.3) is 0 Å². The summed E-state index contributed by atoms with van der Waals surface area (Å²) in [5.74, 6) is 0. The van der Waals surface area contributed by atoms with Crippen molar-refractivity contribution in [2.75, 3.05) is 7.05 Å². The van der Waals surface area contributed by atoms with Gasteiger partial charge in [-0.3, -0.25) is 0 Å². The zero-order chi connectivity index (χ0) is 5.61. The van der Waals surface area contributed by atoms with Crippen molar-refractivity contribution in [1.29, 1.82) is 0 Å². The molecule has 0 aromatic carbocycles. The number of hydrogen-bond donors (Lipinski definition) is 1. The van der Waals surface area contributed by atoms with Crippen LogP contribution in [0.2, 0.25) is 0 Å². The Balaban J connectivity index is 0.000000405. The van der Waals surface area contributed by atoms with Crippen LogP contribution in [0.4, 0.5) is 0 Å². The second kappa shape index (κ2) is 1.92. The van der Waals surface area contributed by atoms with Gasteiger partial charge in [0.1, 0.15) is 0 Å². The Kier molecular flexibility index (Phi) is 1.49. The number of halogens is 1. The van der Waals surface area contributed by atoms with E-state index in [1.54, 1.807) is 0 Å². The lowest BCUT2D eigenvalue weighted by atomic mass is 9.83. The average Bonchev–Trinajstić information content (AvgIpc) is 2.38. The van der Waals surface area contributed by atoms with E-state index in [0.29, 0.717) is 6.04 Å². The van der Waals surface area contributed by atoms with Gasteiger partial charge in [0.05, 0.1) is 0 Å². The maximum atomic E-state index is 3.92. The SMILES string of the molecule is CNC1CC2(C1)N=N2.Cl. The molecule has 1 spiro atoms. The summed E-state index contributed by atoms with van der Waals surface area (Å²) in [5, 5.41) is 11.0. The Labute approximate surface area is 60.3 Å². The van der Waals surface area contributed by atoms with E-state index in [9.17, 15) is 0 Å². The van der Waals surface area contributed by atoms with E-state index in [1.165, 1.54) is 0 Å². The van der Waals surface area contributed by atoms with Crippen LogP contribution >= 0.6 is 12.4 Å². The first-order chi connectivity index (χ1) is 3.85. The van der Waals surface area contributed by atoms with Gasteiger partial charge in [0.2, 0.25) is 0 Å². The van der Waals surface area contributed by atoms with Crippen LogP contribution in [0.3, 0.4) is 0 Å². The first-order valence-electron chi connectivity index (χ1n) is 2.96. The molecule has 0 amide bonds. The predicted octanol–water partition coefficient (Wildman–Crippen LogP) is 0.952. The Morgan fingerprint density at radius 1 is 1.44 bits per heavy atom. The van der Waals surface area contributed by atoms with Crippen LogP contribution in [0.1, 0.15) is 12.8 Å². The van der Waals surface area contributed by atoms with Crippen LogP contribution < -0.4 is 5.32 Å². The molecule has 0 saturated heterocycles. The maximum Gasteiger partial charge on any atom is 0.193 e. The molecule has 52 valence electrons. The summed E-state index contributed by atoms with van der Waals surface area (Å²) in [6.45, 7) is 0. The van der Waals surface area contributed by atoms with Gasteiger partial charge >= 0.3 is 0 Å². The molecule has 9 heavy (non-hydrogen) atoms. The van der Waals surface area contributed by atoms with Gasteiger partial charge in [0, 0.05) is 18.9 Å². The van der Waals surface area contributed by atoms with Crippen LogP contribution in [0.15, 0.2) is 10.2 Å². The summed E-state index contributed by atoms with van der Waals surface area (Å²) in [6.07, 6.45) is 2.26. The molecule has 1 aliphatic carbocycles. The van der Waals surface area contributed by atoms with Gasteiger partial charge in [0.25, 0.3) is 0 Å². The standard InChI is InChI=1S/C5H9N3.ClH/c1-6-4-2-5(3-4)7-8-5;/h4,6H,2-3H2,1H3;1H. The van der Waals surface area contributed by atoms with Crippen LogP contribution in [-0.2, 0) is 0 Å². The summed E-state index contributed by atoms with van der Waals surface area (Å²) < 4.78 is 0. The van der Waals surface area contributed by atoms with Crippen molar-refractivity contribution in [3.05, 3.63) is 0 Å².